The van der Waals surface area contributed by atoms with Crippen LogP contribution in [0.3, 0.4) is 0 Å². The van der Waals surface area contributed by atoms with Gasteiger partial charge in [0.25, 0.3) is 5.91 Å². The number of carbonyl (C=O) groups excluding carboxylic acids is 2. The summed E-state index contributed by atoms with van der Waals surface area (Å²) in [6.45, 7) is 0.314. The van der Waals surface area contributed by atoms with Crippen molar-refractivity contribution in [3.8, 4) is 17.2 Å². The lowest BCUT2D eigenvalue weighted by atomic mass is 10.1. The van der Waals surface area contributed by atoms with Gasteiger partial charge in [-0.25, -0.2) is 0 Å². The Balaban J connectivity index is 1.41. The van der Waals surface area contributed by atoms with Crippen LogP contribution >= 0.6 is 24.0 Å². The topological polar surface area (TPSA) is 88.1 Å². The summed E-state index contributed by atoms with van der Waals surface area (Å²) < 4.78 is 11.2. The van der Waals surface area contributed by atoms with Crippen LogP contribution in [-0.2, 0) is 9.59 Å². The number of aromatic hydroxyl groups is 1. The zero-order valence-corrected chi connectivity index (χ0v) is 16.7. The number of phenols is 1. The van der Waals surface area contributed by atoms with E-state index >= 15 is 0 Å². The Morgan fingerprint density at radius 3 is 2.93 bits per heavy atom. The fourth-order valence-electron chi connectivity index (χ4n) is 2.92. The van der Waals surface area contributed by atoms with E-state index in [-0.39, 0.29) is 37.3 Å². The highest BCUT2D eigenvalue weighted by molar-refractivity contribution is 8.26. The van der Waals surface area contributed by atoms with Crippen molar-refractivity contribution >= 4 is 51.9 Å². The van der Waals surface area contributed by atoms with Crippen LogP contribution in [0.4, 0.5) is 5.69 Å². The molecular formula is C20H16N2O5S2. The van der Waals surface area contributed by atoms with E-state index in [4.69, 9.17) is 21.7 Å². The van der Waals surface area contributed by atoms with E-state index in [1.54, 1.807) is 24.3 Å². The van der Waals surface area contributed by atoms with Crippen LogP contribution in [0.5, 0.6) is 17.2 Å². The van der Waals surface area contributed by atoms with Crippen molar-refractivity contribution in [3.05, 3.63) is 52.9 Å². The number of nitrogens with one attached hydrogen (secondary N) is 1. The summed E-state index contributed by atoms with van der Waals surface area (Å²) in [5, 5.41) is 12.1. The minimum Gasteiger partial charge on any atom is -0.508 e. The third-order valence-electron chi connectivity index (χ3n) is 4.28. The maximum absolute atomic E-state index is 12.7. The lowest BCUT2D eigenvalue weighted by Crippen LogP contribution is -2.31. The van der Waals surface area contributed by atoms with E-state index in [1.165, 1.54) is 28.8 Å². The van der Waals surface area contributed by atoms with Gasteiger partial charge in [0.15, 0.2) is 11.5 Å². The Morgan fingerprint density at radius 1 is 1.28 bits per heavy atom. The number of anilines is 1. The van der Waals surface area contributed by atoms with Crippen LogP contribution in [0.15, 0.2) is 47.4 Å². The molecule has 0 aliphatic carbocycles. The molecule has 7 nitrogen and oxygen atoms in total. The quantitative estimate of drug-likeness (QED) is 0.558. The molecule has 4 rings (SSSR count). The van der Waals surface area contributed by atoms with Gasteiger partial charge in [-0.3, -0.25) is 14.5 Å². The Hall–Kier alpha value is -3.04. The zero-order valence-electron chi connectivity index (χ0n) is 15.1. The SMILES string of the molecule is O=C(CCN1C(=O)/C(=C\c2cccc3c2OCO3)SC1=S)Nc1cccc(O)c1. The molecule has 2 aromatic carbocycles. The molecule has 2 heterocycles. The van der Waals surface area contributed by atoms with E-state index in [0.717, 1.165) is 5.56 Å². The summed E-state index contributed by atoms with van der Waals surface area (Å²) in [6, 6.07) is 11.7. The highest BCUT2D eigenvalue weighted by Crippen LogP contribution is 2.39. The first-order valence-electron chi connectivity index (χ1n) is 8.74. The Bertz CT molecular complexity index is 1040. The first kappa shape index (κ1) is 19.3. The van der Waals surface area contributed by atoms with Crippen molar-refractivity contribution in [1.29, 1.82) is 0 Å². The highest BCUT2D eigenvalue weighted by Gasteiger charge is 2.32. The number of carbonyl (C=O) groups is 2. The lowest BCUT2D eigenvalue weighted by molar-refractivity contribution is -0.122. The molecule has 2 N–H and O–H groups in total. The van der Waals surface area contributed by atoms with Crippen molar-refractivity contribution < 1.29 is 24.2 Å². The third kappa shape index (κ3) is 4.20. The maximum Gasteiger partial charge on any atom is 0.266 e. The van der Waals surface area contributed by atoms with Crippen molar-refractivity contribution in [2.24, 2.45) is 0 Å². The van der Waals surface area contributed by atoms with Gasteiger partial charge in [-0.1, -0.05) is 42.2 Å². The molecular weight excluding hydrogens is 412 g/mol. The summed E-state index contributed by atoms with van der Waals surface area (Å²) >= 11 is 6.50. The second-order valence-electron chi connectivity index (χ2n) is 6.26. The number of hydrogen-bond acceptors (Lipinski definition) is 7. The monoisotopic (exact) mass is 428 g/mol. The van der Waals surface area contributed by atoms with Crippen molar-refractivity contribution in [3.63, 3.8) is 0 Å². The molecule has 0 unspecified atom stereocenters. The van der Waals surface area contributed by atoms with Gasteiger partial charge in [0.2, 0.25) is 12.7 Å². The average molecular weight is 428 g/mol. The molecule has 0 bridgehead atoms. The number of rotatable bonds is 5. The molecule has 148 valence electrons. The molecule has 0 spiro atoms. The number of benzene rings is 2. The van der Waals surface area contributed by atoms with Gasteiger partial charge >= 0.3 is 0 Å². The zero-order chi connectivity index (χ0) is 20.4. The average Bonchev–Trinajstić information content (AvgIpc) is 3.26. The molecule has 1 saturated heterocycles. The Morgan fingerprint density at radius 2 is 2.10 bits per heavy atom. The van der Waals surface area contributed by atoms with E-state index in [1.807, 2.05) is 12.1 Å². The lowest BCUT2D eigenvalue weighted by Gasteiger charge is -2.14. The molecule has 9 heteroatoms. The van der Waals surface area contributed by atoms with E-state index in [2.05, 4.69) is 5.32 Å². The van der Waals surface area contributed by atoms with E-state index in [9.17, 15) is 14.7 Å². The largest absolute Gasteiger partial charge is 0.508 e. The first-order chi connectivity index (χ1) is 14.0. The standard InChI is InChI=1S/C20H16N2O5S2/c23-14-5-2-4-13(10-14)21-17(24)7-8-22-19(25)16(29-20(22)28)9-12-3-1-6-15-18(12)27-11-26-15/h1-6,9-10,23H,7-8,11H2,(H,21,24)/b16-9+. The summed E-state index contributed by atoms with van der Waals surface area (Å²) in [7, 11) is 0. The predicted octanol–water partition coefficient (Wildman–Crippen LogP) is 3.35. The van der Waals surface area contributed by atoms with E-state index in [0.29, 0.717) is 26.4 Å². The molecule has 2 aliphatic heterocycles. The van der Waals surface area contributed by atoms with Crippen molar-refractivity contribution in [1.82, 2.24) is 4.90 Å². The van der Waals surface area contributed by atoms with Crippen LogP contribution in [-0.4, -0.2) is 39.5 Å². The number of thioether (sulfide) groups is 1. The fourth-order valence-corrected chi connectivity index (χ4v) is 4.22. The molecule has 0 saturated carbocycles. The third-order valence-corrected chi connectivity index (χ3v) is 5.66. The number of phenolic OH excluding ortho intramolecular Hbond substituents is 1. The highest BCUT2D eigenvalue weighted by atomic mass is 32.2. The van der Waals surface area contributed by atoms with Gasteiger partial charge in [-0.15, -0.1) is 0 Å². The molecule has 0 aromatic heterocycles. The minimum atomic E-state index is -0.278. The number of para-hydroxylation sites is 1. The number of thiocarbonyl (C=S) groups is 1. The van der Waals surface area contributed by atoms with Crippen LogP contribution in [0, 0.1) is 0 Å². The van der Waals surface area contributed by atoms with Crippen LogP contribution < -0.4 is 14.8 Å². The molecule has 1 fully saturated rings. The van der Waals surface area contributed by atoms with Gasteiger partial charge in [-0.05, 0) is 24.3 Å². The van der Waals surface area contributed by atoms with Crippen LogP contribution in [0.25, 0.3) is 6.08 Å². The number of fused-ring (bicyclic) bond motifs is 1. The summed E-state index contributed by atoms with van der Waals surface area (Å²) in [4.78, 5) is 26.8. The van der Waals surface area contributed by atoms with Crippen LogP contribution in [0.2, 0.25) is 0 Å². The van der Waals surface area contributed by atoms with Crippen molar-refractivity contribution in [2.45, 2.75) is 6.42 Å². The Kier molecular flexibility index (Phi) is 5.41. The van der Waals surface area contributed by atoms with Gasteiger partial charge in [-0.2, -0.15) is 0 Å². The number of hydrogen-bond donors (Lipinski definition) is 2. The second-order valence-corrected chi connectivity index (χ2v) is 7.94. The van der Waals surface area contributed by atoms with Gasteiger partial charge in [0.05, 0.1) is 4.91 Å². The molecule has 0 atom stereocenters. The summed E-state index contributed by atoms with van der Waals surface area (Å²) in [5.41, 5.74) is 1.22. The second kappa shape index (κ2) is 8.14. The van der Waals surface area contributed by atoms with Crippen molar-refractivity contribution in [2.75, 3.05) is 18.7 Å². The van der Waals surface area contributed by atoms with Gasteiger partial charge in [0, 0.05) is 30.3 Å². The summed E-state index contributed by atoms with van der Waals surface area (Å²) in [5.74, 6) is 0.773. The molecule has 2 aromatic rings. The van der Waals surface area contributed by atoms with Crippen LogP contribution in [0.1, 0.15) is 12.0 Å². The number of amides is 2. The van der Waals surface area contributed by atoms with E-state index < -0.39 is 0 Å². The first-order valence-corrected chi connectivity index (χ1v) is 9.96. The number of nitrogens with zero attached hydrogens (tertiary/aromatic N) is 1. The number of ether oxygens (including phenoxy) is 2. The fraction of sp³-hybridized carbons (Fsp3) is 0.150. The predicted molar refractivity (Wildman–Crippen MR) is 114 cm³/mol. The Labute approximate surface area is 176 Å². The van der Waals surface area contributed by atoms with Gasteiger partial charge in [0.1, 0.15) is 10.1 Å². The minimum absolute atomic E-state index is 0.0617. The molecule has 0 radical (unpaired) electrons. The summed E-state index contributed by atoms with van der Waals surface area (Å²) in [6.07, 6.45) is 1.80. The molecule has 2 amide bonds. The maximum atomic E-state index is 12.7. The normalized spacial score (nSPS) is 16.6. The molecule has 2 aliphatic rings. The molecule has 29 heavy (non-hydrogen) atoms. The smallest absolute Gasteiger partial charge is 0.266 e. The van der Waals surface area contributed by atoms with Gasteiger partial charge < -0.3 is 19.9 Å².